The molecule has 1 aromatic rings. The highest BCUT2D eigenvalue weighted by atomic mass is 32.2. The summed E-state index contributed by atoms with van der Waals surface area (Å²) in [4.78, 5) is 12.3. The maximum absolute atomic E-state index is 11.1. The Morgan fingerprint density at radius 2 is 1.94 bits per heavy atom. The normalized spacial score (nSPS) is 12.3. The van der Waals surface area contributed by atoms with Crippen LogP contribution in [0.1, 0.15) is 25.7 Å². The zero-order chi connectivity index (χ0) is 13.2. The summed E-state index contributed by atoms with van der Waals surface area (Å²) in [5, 5.41) is 9.13. The van der Waals surface area contributed by atoms with Crippen LogP contribution in [0.4, 0.5) is 0 Å². The highest BCUT2D eigenvalue weighted by Gasteiger charge is 2.16. The van der Waals surface area contributed by atoms with Crippen LogP contribution in [-0.4, -0.2) is 23.4 Å². The first-order valence-electron chi connectivity index (χ1n) is 6.34. The van der Waals surface area contributed by atoms with Gasteiger partial charge in [0.05, 0.1) is 5.92 Å². The molecule has 1 rings (SSSR count). The second kappa shape index (κ2) is 9.00. The van der Waals surface area contributed by atoms with Gasteiger partial charge in [0.25, 0.3) is 0 Å². The Labute approximate surface area is 113 Å². The average Bonchev–Trinajstić information content (AvgIpc) is 2.38. The summed E-state index contributed by atoms with van der Waals surface area (Å²) in [5.74, 6) is -0.0580. The van der Waals surface area contributed by atoms with Gasteiger partial charge in [0.15, 0.2) is 0 Å². The number of nitrogens with two attached hydrogens (primary N) is 1. The number of aliphatic carboxylic acids is 1. The van der Waals surface area contributed by atoms with Crippen LogP contribution in [0.2, 0.25) is 0 Å². The molecule has 0 amide bonds. The number of benzene rings is 1. The van der Waals surface area contributed by atoms with E-state index in [0.717, 1.165) is 31.4 Å². The Bertz CT molecular complexity index is 343. The van der Waals surface area contributed by atoms with Crippen LogP contribution >= 0.6 is 11.8 Å². The Balaban J connectivity index is 2.27. The highest BCUT2D eigenvalue weighted by Crippen LogP contribution is 2.22. The summed E-state index contributed by atoms with van der Waals surface area (Å²) >= 11 is 1.72. The third-order valence-electron chi connectivity index (χ3n) is 2.83. The van der Waals surface area contributed by atoms with Gasteiger partial charge in [0, 0.05) is 4.90 Å². The van der Waals surface area contributed by atoms with Gasteiger partial charge in [0.1, 0.15) is 0 Å². The lowest BCUT2D eigenvalue weighted by Crippen LogP contribution is -2.15. The first kappa shape index (κ1) is 15.1. The summed E-state index contributed by atoms with van der Waals surface area (Å²) in [6.07, 6.45) is 3.28. The molecule has 0 aromatic heterocycles. The number of thioether (sulfide) groups is 1. The zero-order valence-electron chi connectivity index (χ0n) is 10.5. The highest BCUT2D eigenvalue weighted by molar-refractivity contribution is 7.99. The molecule has 0 heterocycles. The molecule has 0 radical (unpaired) electrons. The molecule has 0 saturated carbocycles. The summed E-state index contributed by atoms with van der Waals surface area (Å²) in [6, 6.07) is 10.1. The molecule has 0 aliphatic carbocycles. The van der Waals surface area contributed by atoms with Crippen molar-refractivity contribution in [3.8, 4) is 0 Å². The minimum Gasteiger partial charge on any atom is -0.481 e. The number of hydrogen-bond donors (Lipinski definition) is 2. The van der Waals surface area contributed by atoms with Gasteiger partial charge in [-0.15, -0.1) is 11.8 Å². The van der Waals surface area contributed by atoms with Gasteiger partial charge >= 0.3 is 5.97 Å². The van der Waals surface area contributed by atoms with Crippen molar-refractivity contribution in [2.75, 3.05) is 12.3 Å². The van der Waals surface area contributed by atoms with E-state index in [1.807, 2.05) is 18.2 Å². The van der Waals surface area contributed by atoms with Crippen molar-refractivity contribution < 1.29 is 9.90 Å². The SMILES string of the molecule is NCCCCC(CCSc1ccccc1)C(=O)O. The third kappa shape index (κ3) is 6.07. The fourth-order valence-electron chi connectivity index (χ4n) is 1.76. The van der Waals surface area contributed by atoms with E-state index in [-0.39, 0.29) is 5.92 Å². The molecule has 0 spiro atoms. The second-order valence-corrected chi connectivity index (χ2v) is 5.44. The van der Waals surface area contributed by atoms with Crippen LogP contribution < -0.4 is 5.73 Å². The maximum Gasteiger partial charge on any atom is 0.306 e. The van der Waals surface area contributed by atoms with Crippen molar-refractivity contribution in [3.05, 3.63) is 30.3 Å². The van der Waals surface area contributed by atoms with Gasteiger partial charge in [-0.05, 0) is 43.7 Å². The van der Waals surface area contributed by atoms with E-state index in [9.17, 15) is 4.79 Å². The molecule has 0 aliphatic heterocycles. The Morgan fingerprint density at radius 3 is 2.56 bits per heavy atom. The second-order valence-electron chi connectivity index (χ2n) is 4.27. The molecule has 100 valence electrons. The molecule has 0 saturated heterocycles. The summed E-state index contributed by atoms with van der Waals surface area (Å²) in [6.45, 7) is 0.644. The van der Waals surface area contributed by atoms with Crippen LogP contribution in [-0.2, 0) is 4.79 Å². The zero-order valence-corrected chi connectivity index (χ0v) is 11.4. The van der Waals surface area contributed by atoms with E-state index in [0.29, 0.717) is 6.54 Å². The number of rotatable bonds is 9. The van der Waals surface area contributed by atoms with Crippen molar-refractivity contribution in [1.29, 1.82) is 0 Å². The molecule has 0 bridgehead atoms. The van der Waals surface area contributed by atoms with Crippen LogP contribution in [0.25, 0.3) is 0 Å². The summed E-state index contributed by atoms with van der Waals surface area (Å²) in [7, 11) is 0. The molecule has 18 heavy (non-hydrogen) atoms. The standard InChI is InChI=1S/C14H21NO2S/c15-10-5-4-6-12(14(16)17)9-11-18-13-7-2-1-3-8-13/h1-3,7-8,12H,4-6,9-11,15H2,(H,16,17). The predicted octanol–water partition coefficient (Wildman–Crippen LogP) is 3.00. The summed E-state index contributed by atoms with van der Waals surface area (Å²) < 4.78 is 0. The molecular formula is C14H21NO2S. The van der Waals surface area contributed by atoms with Gasteiger partial charge in [-0.3, -0.25) is 4.79 Å². The number of unbranched alkanes of at least 4 members (excludes halogenated alkanes) is 1. The molecule has 3 N–H and O–H groups in total. The number of carboxylic acids is 1. The van der Waals surface area contributed by atoms with Crippen molar-refractivity contribution in [1.82, 2.24) is 0 Å². The van der Waals surface area contributed by atoms with E-state index in [2.05, 4.69) is 12.1 Å². The topological polar surface area (TPSA) is 63.3 Å². The van der Waals surface area contributed by atoms with Crippen LogP contribution in [0.3, 0.4) is 0 Å². The van der Waals surface area contributed by atoms with Crippen molar-refractivity contribution >= 4 is 17.7 Å². The Kier molecular flexibility index (Phi) is 7.53. The fourth-order valence-corrected chi connectivity index (χ4v) is 2.75. The molecule has 1 aromatic carbocycles. The molecule has 1 unspecified atom stereocenters. The van der Waals surface area contributed by atoms with Gasteiger partial charge in [-0.2, -0.15) is 0 Å². The monoisotopic (exact) mass is 267 g/mol. The van der Waals surface area contributed by atoms with E-state index in [1.165, 1.54) is 4.90 Å². The van der Waals surface area contributed by atoms with Crippen LogP contribution in [0, 0.1) is 5.92 Å². The average molecular weight is 267 g/mol. The maximum atomic E-state index is 11.1. The lowest BCUT2D eigenvalue weighted by atomic mass is 9.99. The Morgan fingerprint density at radius 1 is 1.22 bits per heavy atom. The van der Waals surface area contributed by atoms with E-state index < -0.39 is 5.97 Å². The first-order valence-corrected chi connectivity index (χ1v) is 7.33. The molecule has 0 aliphatic rings. The van der Waals surface area contributed by atoms with Crippen molar-refractivity contribution in [2.45, 2.75) is 30.6 Å². The van der Waals surface area contributed by atoms with Crippen LogP contribution in [0.15, 0.2) is 35.2 Å². The lowest BCUT2D eigenvalue weighted by molar-refractivity contribution is -0.142. The number of carbonyl (C=O) groups is 1. The molecule has 0 fully saturated rings. The van der Waals surface area contributed by atoms with Gasteiger partial charge in [-0.1, -0.05) is 24.6 Å². The predicted molar refractivity (Wildman–Crippen MR) is 75.8 cm³/mol. The van der Waals surface area contributed by atoms with Gasteiger partial charge < -0.3 is 10.8 Å². The van der Waals surface area contributed by atoms with Crippen molar-refractivity contribution in [2.24, 2.45) is 11.7 Å². The van der Waals surface area contributed by atoms with Gasteiger partial charge in [-0.25, -0.2) is 0 Å². The summed E-state index contributed by atoms with van der Waals surface area (Å²) in [5.41, 5.74) is 5.42. The first-order chi connectivity index (χ1) is 8.74. The lowest BCUT2D eigenvalue weighted by Gasteiger charge is -2.11. The van der Waals surface area contributed by atoms with E-state index in [1.54, 1.807) is 11.8 Å². The fraction of sp³-hybridized carbons (Fsp3) is 0.500. The molecule has 3 nitrogen and oxygen atoms in total. The van der Waals surface area contributed by atoms with E-state index in [4.69, 9.17) is 10.8 Å². The Hall–Kier alpha value is -1.00. The quantitative estimate of drug-likeness (QED) is 0.533. The van der Waals surface area contributed by atoms with Gasteiger partial charge in [0.2, 0.25) is 0 Å². The number of hydrogen-bond acceptors (Lipinski definition) is 3. The van der Waals surface area contributed by atoms with E-state index >= 15 is 0 Å². The minimum absolute atomic E-state index is 0.229. The third-order valence-corrected chi connectivity index (χ3v) is 3.88. The molecule has 1 atom stereocenters. The molecular weight excluding hydrogens is 246 g/mol. The number of carboxylic acid groups (broad SMARTS) is 1. The van der Waals surface area contributed by atoms with Crippen molar-refractivity contribution in [3.63, 3.8) is 0 Å². The molecule has 4 heteroatoms. The largest absolute Gasteiger partial charge is 0.481 e. The minimum atomic E-state index is -0.680. The smallest absolute Gasteiger partial charge is 0.306 e. The van der Waals surface area contributed by atoms with Crippen LogP contribution in [0.5, 0.6) is 0 Å².